The summed E-state index contributed by atoms with van der Waals surface area (Å²) in [4.78, 5) is 0.350. The molecule has 2 N–H and O–H groups in total. The molecule has 0 aliphatic rings. The van der Waals surface area contributed by atoms with Crippen LogP contribution in [0.5, 0.6) is 0 Å². The predicted octanol–water partition coefficient (Wildman–Crippen LogP) is 4.96. The second kappa shape index (κ2) is 10.7. The second-order valence-corrected chi connectivity index (χ2v) is 8.18. The van der Waals surface area contributed by atoms with E-state index in [1.807, 2.05) is 0 Å². The van der Waals surface area contributed by atoms with Crippen LogP contribution >= 0.6 is 0 Å². The minimum atomic E-state index is -3.17. The number of nitrogen functional groups attached to an aromatic ring is 1. The van der Waals surface area contributed by atoms with E-state index in [2.05, 4.69) is 6.92 Å². The van der Waals surface area contributed by atoms with Gasteiger partial charge in [-0.1, -0.05) is 70.8 Å². The Morgan fingerprint density at radius 3 is 1.95 bits per heavy atom. The maximum Gasteiger partial charge on any atom is 0.178 e. The van der Waals surface area contributed by atoms with Crippen LogP contribution in [0.1, 0.15) is 71.1 Å². The Morgan fingerprint density at radius 2 is 1.41 bits per heavy atom. The first kappa shape index (κ1) is 19.0. The van der Waals surface area contributed by atoms with Crippen LogP contribution in [-0.4, -0.2) is 14.2 Å². The monoisotopic (exact) mass is 325 g/mol. The molecule has 1 aromatic rings. The van der Waals surface area contributed by atoms with Crippen LogP contribution in [0.25, 0.3) is 0 Å². The van der Waals surface area contributed by atoms with Crippen molar-refractivity contribution < 1.29 is 8.42 Å². The molecule has 0 atom stereocenters. The number of hydrogen-bond acceptors (Lipinski definition) is 3. The van der Waals surface area contributed by atoms with Crippen molar-refractivity contribution in [2.75, 3.05) is 11.5 Å². The van der Waals surface area contributed by atoms with Crippen LogP contribution in [0.2, 0.25) is 0 Å². The number of nitrogens with two attached hydrogens (primary N) is 1. The molecule has 3 nitrogen and oxygen atoms in total. The molecule has 1 aromatic carbocycles. The maximum absolute atomic E-state index is 12.2. The summed E-state index contributed by atoms with van der Waals surface area (Å²) in [5.41, 5.74) is 6.15. The van der Waals surface area contributed by atoms with Gasteiger partial charge >= 0.3 is 0 Å². The highest BCUT2D eigenvalue weighted by Crippen LogP contribution is 2.17. The SMILES string of the molecule is CCCCCCCCCCCCS(=O)(=O)c1cccc(N)c1. The summed E-state index contributed by atoms with van der Waals surface area (Å²) in [6, 6.07) is 6.58. The van der Waals surface area contributed by atoms with E-state index in [1.165, 1.54) is 44.9 Å². The Morgan fingerprint density at radius 1 is 0.864 bits per heavy atom. The molecular weight excluding hydrogens is 294 g/mol. The lowest BCUT2D eigenvalue weighted by Crippen LogP contribution is -2.07. The Kier molecular flexibility index (Phi) is 9.21. The van der Waals surface area contributed by atoms with E-state index in [0.717, 1.165) is 19.3 Å². The molecule has 0 fully saturated rings. The van der Waals surface area contributed by atoms with Crippen LogP contribution in [0.15, 0.2) is 29.2 Å². The quantitative estimate of drug-likeness (QED) is 0.436. The third-order valence-corrected chi connectivity index (χ3v) is 5.78. The van der Waals surface area contributed by atoms with Gasteiger partial charge in [0.15, 0.2) is 9.84 Å². The van der Waals surface area contributed by atoms with Crippen molar-refractivity contribution in [2.45, 2.75) is 76.0 Å². The molecule has 1 rings (SSSR count). The molecule has 0 amide bonds. The molecule has 0 saturated heterocycles. The minimum absolute atomic E-state index is 0.229. The van der Waals surface area contributed by atoms with Gasteiger partial charge in [-0.3, -0.25) is 0 Å². The third kappa shape index (κ3) is 7.83. The number of rotatable bonds is 12. The summed E-state index contributed by atoms with van der Waals surface area (Å²) in [7, 11) is -3.17. The molecule has 0 saturated carbocycles. The summed E-state index contributed by atoms with van der Waals surface area (Å²) in [6.45, 7) is 2.23. The average Bonchev–Trinajstić information content (AvgIpc) is 2.49. The third-order valence-electron chi connectivity index (χ3n) is 3.98. The van der Waals surface area contributed by atoms with Gasteiger partial charge in [0.1, 0.15) is 0 Å². The van der Waals surface area contributed by atoms with Crippen molar-refractivity contribution in [3.8, 4) is 0 Å². The van der Waals surface area contributed by atoms with Crippen molar-refractivity contribution in [1.29, 1.82) is 0 Å². The Hall–Kier alpha value is -1.03. The van der Waals surface area contributed by atoms with Gasteiger partial charge in [0.05, 0.1) is 10.6 Å². The van der Waals surface area contributed by atoms with Gasteiger partial charge in [0, 0.05) is 5.69 Å². The van der Waals surface area contributed by atoms with Crippen molar-refractivity contribution in [3.05, 3.63) is 24.3 Å². The average molecular weight is 326 g/mol. The predicted molar refractivity (Wildman–Crippen MR) is 94.8 cm³/mol. The van der Waals surface area contributed by atoms with E-state index >= 15 is 0 Å². The smallest absolute Gasteiger partial charge is 0.178 e. The second-order valence-electron chi connectivity index (χ2n) is 6.07. The Balaban J connectivity index is 2.11. The lowest BCUT2D eigenvalue weighted by molar-refractivity contribution is 0.558. The number of hydrogen-bond donors (Lipinski definition) is 1. The molecule has 0 radical (unpaired) electrons. The van der Waals surface area contributed by atoms with Gasteiger partial charge < -0.3 is 5.73 Å². The summed E-state index contributed by atoms with van der Waals surface area (Å²) < 4.78 is 24.3. The zero-order chi connectivity index (χ0) is 16.3. The largest absolute Gasteiger partial charge is 0.399 e. The number of sulfone groups is 1. The highest BCUT2D eigenvalue weighted by Gasteiger charge is 2.13. The minimum Gasteiger partial charge on any atom is -0.399 e. The molecule has 126 valence electrons. The molecule has 22 heavy (non-hydrogen) atoms. The zero-order valence-corrected chi connectivity index (χ0v) is 14.7. The van der Waals surface area contributed by atoms with E-state index in [-0.39, 0.29) is 5.75 Å². The highest BCUT2D eigenvalue weighted by molar-refractivity contribution is 7.91. The van der Waals surface area contributed by atoms with Crippen molar-refractivity contribution in [1.82, 2.24) is 0 Å². The Bertz CT molecular complexity index is 512. The summed E-state index contributed by atoms with van der Waals surface area (Å²) >= 11 is 0. The van der Waals surface area contributed by atoms with Crippen LogP contribution in [-0.2, 0) is 9.84 Å². The van der Waals surface area contributed by atoms with Crippen LogP contribution in [0.4, 0.5) is 5.69 Å². The molecule has 0 unspecified atom stereocenters. The summed E-state index contributed by atoms with van der Waals surface area (Å²) in [5, 5.41) is 0. The van der Waals surface area contributed by atoms with Gasteiger partial charge in [-0.15, -0.1) is 0 Å². The fourth-order valence-electron chi connectivity index (χ4n) is 2.61. The summed E-state index contributed by atoms with van der Waals surface area (Å²) in [6.07, 6.45) is 12.1. The first-order valence-corrected chi connectivity index (χ1v) is 10.3. The van der Waals surface area contributed by atoms with Crippen molar-refractivity contribution in [3.63, 3.8) is 0 Å². The fraction of sp³-hybridized carbons (Fsp3) is 0.667. The molecule has 0 aromatic heterocycles. The first-order chi connectivity index (χ1) is 10.6. The van der Waals surface area contributed by atoms with Gasteiger partial charge in [0.2, 0.25) is 0 Å². The lowest BCUT2D eigenvalue weighted by atomic mass is 10.1. The molecule has 0 heterocycles. The van der Waals surface area contributed by atoms with E-state index in [0.29, 0.717) is 10.6 Å². The van der Waals surface area contributed by atoms with Gasteiger partial charge in [0.25, 0.3) is 0 Å². The molecule has 0 bridgehead atoms. The summed E-state index contributed by atoms with van der Waals surface area (Å²) in [5.74, 6) is 0.229. The Labute approximate surface area is 136 Å². The van der Waals surface area contributed by atoms with E-state index in [1.54, 1.807) is 24.3 Å². The standard InChI is InChI=1S/C18H31NO2S/c1-2-3-4-5-6-7-8-9-10-11-15-22(20,21)18-14-12-13-17(19)16-18/h12-14,16H,2-11,15,19H2,1H3. The maximum atomic E-state index is 12.2. The highest BCUT2D eigenvalue weighted by atomic mass is 32.2. The molecule has 4 heteroatoms. The molecular formula is C18H31NO2S. The normalized spacial score (nSPS) is 11.7. The molecule has 0 aliphatic heterocycles. The zero-order valence-electron chi connectivity index (χ0n) is 13.9. The van der Waals surface area contributed by atoms with Crippen LogP contribution < -0.4 is 5.73 Å². The van der Waals surface area contributed by atoms with Crippen molar-refractivity contribution >= 4 is 15.5 Å². The number of benzene rings is 1. The lowest BCUT2D eigenvalue weighted by Gasteiger charge is -2.05. The van der Waals surface area contributed by atoms with Crippen molar-refractivity contribution in [2.24, 2.45) is 0 Å². The molecule has 0 spiro atoms. The first-order valence-electron chi connectivity index (χ1n) is 8.64. The topological polar surface area (TPSA) is 60.2 Å². The van der Waals surface area contributed by atoms with Gasteiger partial charge in [-0.05, 0) is 24.6 Å². The van der Waals surface area contributed by atoms with Crippen LogP contribution in [0.3, 0.4) is 0 Å². The fourth-order valence-corrected chi connectivity index (χ4v) is 4.03. The van der Waals surface area contributed by atoms with E-state index in [4.69, 9.17) is 5.73 Å². The van der Waals surface area contributed by atoms with Crippen LogP contribution in [0, 0.1) is 0 Å². The number of unbranched alkanes of at least 4 members (excludes halogenated alkanes) is 9. The number of anilines is 1. The van der Waals surface area contributed by atoms with Gasteiger partial charge in [-0.25, -0.2) is 8.42 Å². The van der Waals surface area contributed by atoms with Gasteiger partial charge in [-0.2, -0.15) is 0 Å². The van der Waals surface area contributed by atoms with E-state index < -0.39 is 9.84 Å². The van der Waals surface area contributed by atoms with E-state index in [9.17, 15) is 8.42 Å². The molecule has 0 aliphatic carbocycles.